The summed E-state index contributed by atoms with van der Waals surface area (Å²) >= 11 is 0. The van der Waals surface area contributed by atoms with E-state index in [0.29, 0.717) is 6.42 Å². The lowest BCUT2D eigenvalue weighted by Crippen LogP contribution is -2.52. The highest BCUT2D eigenvalue weighted by Gasteiger charge is 2.32. The van der Waals surface area contributed by atoms with E-state index in [1.54, 1.807) is 0 Å². The van der Waals surface area contributed by atoms with Crippen LogP contribution in [0.15, 0.2) is 0 Å². The molecule has 0 spiro atoms. The lowest BCUT2D eigenvalue weighted by Gasteiger charge is -2.36. The zero-order valence-electron chi connectivity index (χ0n) is 11.4. The van der Waals surface area contributed by atoms with Crippen molar-refractivity contribution >= 4 is 5.91 Å². The normalized spacial score (nSPS) is 24.1. The van der Waals surface area contributed by atoms with Crippen LogP contribution in [-0.2, 0) is 4.79 Å². The summed E-state index contributed by atoms with van der Waals surface area (Å²) in [6.45, 7) is 0.0994. The number of carbonyl (C=O) groups is 1. The second kappa shape index (κ2) is 6.55. The molecule has 2 aliphatic carbocycles. The van der Waals surface area contributed by atoms with E-state index in [9.17, 15) is 9.90 Å². The van der Waals surface area contributed by atoms with Crippen molar-refractivity contribution in [1.29, 1.82) is 0 Å². The Hall–Kier alpha value is -0.570. The van der Waals surface area contributed by atoms with E-state index in [1.165, 1.54) is 32.1 Å². The standard InChI is InChI=1S/C15H27NO2/c17-12-15(10-4-1-5-11-15)16-14(18)9-8-13-6-2-3-7-13/h13,17H,1-12H2,(H,16,18). The summed E-state index contributed by atoms with van der Waals surface area (Å²) in [5, 5.41) is 12.7. The first-order chi connectivity index (χ1) is 8.74. The molecule has 2 aliphatic rings. The third-order valence-electron chi connectivity index (χ3n) is 4.77. The number of aliphatic hydroxyl groups excluding tert-OH is 1. The van der Waals surface area contributed by atoms with Crippen molar-refractivity contribution in [3.05, 3.63) is 0 Å². The first kappa shape index (κ1) is 13.9. The molecule has 3 heteroatoms. The molecule has 1 amide bonds. The average molecular weight is 253 g/mol. The lowest BCUT2D eigenvalue weighted by atomic mass is 9.82. The van der Waals surface area contributed by atoms with E-state index in [-0.39, 0.29) is 18.1 Å². The minimum atomic E-state index is -0.301. The third kappa shape index (κ3) is 3.71. The Morgan fingerprint density at radius 3 is 2.39 bits per heavy atom. The molecular weight excluding hydrogens is 226 g/mol. The van der Waals surface area contributed by atoms with Gasteiger partial charge in [0.1, 0.15) is 0 Å². The SMILES string of the molecule is O=C(CCC1CCCC1)NC1(CO)CCCCC1. The van der Waals surface area contributed by atoms with Crippen LogP contribution in [0.4, 0.5) is 0 Å². The molecule has 0 radical (unpaired) electrons. The van der Waals surface area contributed by atoms with Gasteiger partial charge in [0, 0.05) is 6.42 Å². The van der Waals surface area contributed by atoms with Crippen molar-refractivity contribution in [1.82, 2.24) is 5.32 Å². The summed E-state index contributed by atoms with van der Waals surface area (Å²) in [7, 11) is 0. The number of amides is 1. The molecular formula is C15H27NO2. The molecule has 0 aromatic rings. The maximum atomic E-state index is 12.0. The van der Waals surface area contributed by atoms with Crippen molar-refractivity contribution in [2.45, 2.75) is 76.2 Å². The molecule has 0 saturated heterocycles. The fourth-order valence-corrected chi connectivity index (χ4v) is 3.54. The molecule has 0 bridgehead atoms. The van der Waals surface area contributed by atoms with E-state index in [1.807, 2.05) is 0 Å². The summed E-state index contributed by atoms with van der Waals surface area (Å²) in [5.41, 5.74) is -0.301. The second-order valence-electron chi connectivity index (χ2n) is 6.24. The van der Waals surface area contributed by atoms with Crippen LogP contribution in [0.25, 0.3) is 0 Å². The van der Waals surface area contributed by atoms with Gasteiger partial charge >= 0.3 is 0 Å². The molecule has 0 aromatic carbocycles. The van der Waals surface area contributed by atoms with Gasteiger partial charge in [-0.3, -0.25) is 4.79 Å². The smallest absolute Gasteiger partial charge is 0.220 e. The van der Waals surface area contributed by atoms with E-state index in [2.05, 4.69) is 5.32 Å². The van der Waals surface area contributed by atoms with Crippen molar-refractivity contribution in [2.24, 2.45) is 5.92 Å². The molecule has 3 nitrogen and oxygen atoms in total. The predicted octanol–water partition coefficient (Wildman–Crippen LogP) is 2.77. The Bertz CT molecular complexity index is 266. The minimum absolute atomic E-state index is 0.0994. The summed E-state index contributed by atoms with van der Waals surface area (Å²) in [6, 6.07) is 0. The Labute approximate surface area is 110 Å². The fourth-order valence-electron chi connectivity index (χ4n) is 3.54. The Morgan fingerprint density at radius 1 is 1.11 bits per heavy atom. The molecule has 0 atom stereocenters. The molecule has 0 unspecified atom stereocenters. The van der Waals surface area contributed by atoms with Crippen LogP contribution < -0.4 is 5.32 Å². The van der Waals surface area contributed by atoms with Gasteiger partial charge in [0.15, 0.2) is 0 Å². The van der Waals surface area contributed by atoms with Crippen molar-refractivity contribution in [3.63, 3.8) is 0 Å². The first-order valence-corrected chi connectivity index (χ1v) is 7.66. The first-order valence-electron chi connectivity index (χ1n) is 7.66. The van der Waals surface area contributed by atoms with Crippen molar-refractivity contribution in [3.8, 4) is 0 Å². The number of hydrogen-bond acceptors (Lipinski definition) is 2. The summed E-state index contributed by atoms with van der Waals surface area (Å²) < 4.78 is 0. The van der Waals surface area contributed by atoms with Gasteiger partial charge in [-0.15, -0.1) is 0 Å². The van der Waals surface area contributed by atoms with Crippen LogP contribution >= 0.6 is 0 Å². The average Bonchev–Trinajstić information content (AvgIpc) is 2.91. The van der Waals surface area contributed by atoms with E-state index >= 15 is 0 Å². The Kier molecular flexibility index (Phi) is 5.04. The predicted molar refractivity (Wildman–Crippen MR) is 72.2 cm³/mol. The van der Waals surface area contributed by atoms with Crippen molar-refractivity contribution < 1.29 is 9.90 Å². The molecule has 2 saturated carbocycles. The fraction of sp³-hybridized carbons (Fsp3) is 0.933. The van der Waals surface area contributed by atoms with Crippen LogP contribution in [0.3, 0.4) is 0 Å². The lowest BCUT2D eigenvalue weighted by molar-refractivity contribution is -0.124. The van der Waals surface area contributed by atoms with E-state index in [4.69, 9.17) is 0 Å². The molecule has 18 heavy (non-hydrogen) atoms. The van der Waals surface area contributed by atoms with Crippen LogP contribution in [0, 0.1) is 5.92 Å². The molecule has 2 N–H and O–H groups in total. The second-order valence-corrected chi connectivity index (χ2v) is 6.24. The Balaban J connectivity index is 1.74. The quantitative estimate of drug-likeness (QED) is 0.791. The molecule has 0 aromatic heterocycles. The number of aliphatic hydroxyl groups is 1. The van der Waals surface area contributed by atoms with Gasteiger partial charge in [-0.2, -0.15) is 0 Å². The Morgan fingerprint density at radius 2 is 1.78 bits per heavy atom. The highest BCUT2D eigenvalue weighted by molar-refractivity contribution is 5.76. The topological polar surface area (TPSA) is 49.3 Å². The number of nitrogens with one attached hydrogen (secondary N) is 1. The molecule has 0 aliphatic heterocycles. The molecule has 2 fully saturated rings. The van der Waals surface area contributed by atoms with Gasteiger partial charge in [-0.1, -0.05) is 44.9 Å². The van der Waals surface area contributed by atoms with Crippen LogP contribution in [0.5, 0.6) is 0 Å². The monoisotopic (exact) mass is 253 g/mol. The molecule has 104 valence electrons. The highest BCUT2D eigenvalue weighted by atomic mass is 16.3. The van der Waals surface area contributed by atoms with Gasteiger partial charge in [0.25, 0.3) is 0 Å². The maximum absolute atomic E-state index is 12.0. The van der Waals surface area contributed by atoms with E-state index < -0.39 is 0 Å². The highest BCUT2D eigenvalue weighted by Crippen LogP contribution is 2.30. The van der Waals surface area contributed by atoms with Gasteiger partial charge in [0.2, 0.25) is 5.91 Å². The molecule has 0 heterocycles. The van der Waals surface area contributed by atoms with Gasteiger partial charge < -0.3 is 10.4 Å². The number of rotatable bonds is 5. The number of hydrogen-bond donors (Lipinski definition) is 2. The van der Waals surface area contributed by atoms with Gasteiger partial charge in [0.05, 0.1) is 12.1 Å². The van der Waals surface area contributed by atoms with Crippen molar-refractivity contribution in [2.75, 3.05) is 6.61 Å². The van der Waals surface area contributed by atoms with Crippen LogP contribution in [-0.4, -0.2) is 23.2 Å². The number of carbonyl (C=O) groups excluding carboxylic acids is 1. The maximum Gasteiger partial charge on any atom is 0.220 e. The minimum Gasteiger partial charge on any atom is -0.394 e. The zero-order chi connectivity index (χ0) is 12.8. The van der Waals surface area contributed by atoms with Crippen LogP contribution in [0.2, 0.25) is 0 Å². The molecule has 2 rings (SSSR count). The summed E-state index contributed by atoms with van der Waals surface area (Å²) in [6.07, 6.45) is 12.3. The van der Waals surface area contributed by atoms with Gasteiger partial charge in [-0.05, 0) is 25.2 Å². The summed E-state index contributed by atoms with van der Waals surface area (Å²) in [4.78, 5) is 12.0. The zero-order valence-corrected chi connectivity index (χ0v) is 11.4. The van der Waals surface area contributed by atoms with E-state index in [0.717, 1.165) is 38.0 Å². The summed E-state index contributed by atoms with van der Waals surface area (Å²) in [5.74, 6) is 0.921. The third-order valence-corrected chi connectivity index (χ3v) is 4.77. The van der Waals surface area contributed by atoms with Crippen LogP contribution in [0.1, 0.15) is 70.6 Å². The van der Waals surface area contributed by atoms with Gasteiger partial charge in [-0.25, -0.2) is 0 Å². The largest absolute Gasteiger partial charge is 0.394 e.